The largest absolute Gasteiger partial charge is 0.352 e. The molecule has 1 N–H and O–H groups in total. The highest BCUT2D eigenvalue weighted by molar-refractivity contribution is 5.78. The lowest BCUT2D eigenvalue weighted by Gasteiger charge is -2.23. The predicted octanol–water partition coefficient (Wildman–Crippen LogP) is 2.27. The van der Waals surface area contributed by atoms with Crippen molar-refractivity contribution in [3.63, 3.8) is 0 Å². The van der Waals surface area contributed by atoms with Crippen LogP contribution in [-0.2, 0) is 4.79 Å². The molecule has 1 rings (SSSR count). The minimum absolute atomic E-state index is 0.181. The molecule has 1 fully saturated rings. The quantitative estimate of drug-likeness (QED) is 0.706. The van der Waals surface area contributed by atoms with Crippen LogP contribution in [0.1, 0.15) is 47.0 Å². The van der Waals surface area contributed by atoms with Crippen LogP contribution >= 0.6 is 0 Å². The zero-order chi connectivity index (χ0) is 12.8. The molecule has 1 unspecified atom stereocenters. The Bertz CT molecular complexity index is 236. The molecule has 0 aliphatic heterocycles. The molecule has 0 aromatic carbocycles. The average molecular weight is 240 g/mol. The molecule has 1 aliphatic rings. The van der Waals surface area contributed by atoms with Crippen molar-refractivity contribution in [2.75, 3.05) is 19.6 Å². The molecule has 1 atom stereocenters. The smallest absolute Gasteiger partial charge is 0.234 e. The van der Waals surface area contributed by atoms with Gasteiger partial charge >= 0.3 is 0 Å². The first-order chi connectivity index (χ1) is 8.02. The fourth-order valence-corrected chi connectivity index (χ4v) is 1.89. The van der Waals surface area contributed by atoms with Crippen LogP contribution in [-0.4, -0.2) is 36.5 Å². The molecule has 17 heavy (non-hydrogen) atoms. The van der Waals surface area contributed by atoms with E-state index in [1.807, 2.05) is 0 Å². The van der Waals surface area contributed by atoms with Crippen LogP contribution in [0.15, 0.2) is 0 Å². The van der Waals surface area contributed by atoms with Gasteiger partial charge in [0.25, 0.3) is 0 Å². The molecule has 0 aromatic heterocycles. The van der Waals surface area contributed by atoms with E-state index in [1.54, 1.807) is 0 Å². The summed E-state index contributed by atoms with van der Waals surface area (Å²) < 4.78 is 0. The lowest BCUT2D eigenvalue weighted by Crippen LogP contribution is -2.43. The molecule has 0 bridgehead atoms. The molecule has 1 aliphatic carbocycles. The first-order valence-electron chi connectivity index (χ1n) is 7.04. The monoisotopic (exact) mass is 240 g/mol. The van der Waals surface area contributed by atoms with Crippen LogP contribution in [0.3, 0.4) is 0 Å². The highest BCUT2D eigenvalue weighted by Crippen LogP contribution is 2.29. The Morgan fingerprint density at radius 2 is 2.00 bits per heavy atom. The summed E-state index contributed by atoms with van der Waals surface area (Å²) in [5.74, 6) is 1.54. The zero-order valence-electron chi connectivity index (χ0n) is 11.8. The number of hydrogen-bond donors (Lipinski definition) is 1. The van der Waals surface area contributed by atoms with Gasteiger partial charge in [0.05, 0.1) is 6.54 Å². The van der Waals surface area contributed by atoms with Crippen molar-refractivity contribution < 1.29 is 4.79 Å². The van der Waals surface area contributed by atoms with E-state index in [9.17, 15) is 4.79 Å². The van der Waals surface area contributed by atoms with E-state index in [1.165, 1.54) is 12.8 Å². The fraction of sp³-hybridized carbons (Fsp3) is 0.929. The van der Waals surface area contributed by atoms with Gasteiger partial charge in [-0.1, -0.05) is 20.8 Å². The summed E-state index contributed by atoms with van der Waals surface area (Å²) in [6.45, 7) is 11.2. The van der Waals surface area contributed by atoms with Crippen molar-refractivity contribution in [3.05, 3.63) is 0 Å². The first kappa shape index (κ1) is 14.5. The standard InChI is InChI=1S/C14H28N2O/c1-5-8-16(9-13-6-7-13)10-14(17)15-12(4)11(2)3/h11-13H,5-10H2,1-4H3,(H,15,17). The lowest BCUT2D eigenvalue weighted by molar-refractivity contribution is -0.123. The van der Waals surface area contributed by atoms with Crippen molar-refractivity contribution in [3.8, 4) is 0 Å². The Morgan fingerprint density at radius 1 is 1.35 bits per heavy atom. The van der Waals surface area contributed by atoms with Crippen LogP contribution in [0.2, 0.25) is 0 Å². The summed E-state index contributed by atoms with van der Waals surface area (Å²) in [6, 6.07) is 0.270. The average Bonchev–Trinajstić information content (AvgIpc) is 3.01. The highest BCUT2D eigenvalue weighted by atomic mass is 16.2. The summed E-state index contributed by atoms with van der Waals surface area (Å²) in [4.78, 5) is 14.2. The maximum absolute atomic E-state index is 11.9. The van der Waals surface area contributed by atoms with Gasteiger partial charge in [-0.15, -0.1) is 0 Å². The molecule has 3 nitrogen and oxygen atoms in total. The van der Waals surface area contributed by atoms with Crippen LogP contribution in [0.25, 0.3) is 0 Å². The Hall–Kier alpha value is -0.570. The van der Waals surface area contributed by atoms with Gasteiger partial charge in [0.1, 0.15) is 0 Å². The second-order valence-electron chi connectivity index (χ2n) is 5.78. The maximum atomic E-state index is 11.9. The van der Waals surface area contributed by atoms with E-state index in [4.69, 9.17) is 0 Å². The molecule has 0 saturated heterocycles. The molecular weight excluding hydrogens is 212 g/mol. The van der Waals surface area contributed by atoms with Gasteiger partial charge in [-0.3, -0.25) is 9.69 Å². The van der Waals surface area contributed by atoms with Crippen LogP contribution in [0.5, 0.6) is 0 Å². The van der Waals surface area contributed by atoms with E-state index in [0.29, 0.717) is 12.5 Å². The minimum Gasteiger partial charge on any atom is -0.352 e. The van der Waals surface area contributed by atoms with Gasteiger partial charge in [-0.25, -0.2) is 0 Å². The van der Waals surface area contributed by atoms with Crippen LogP contribution in [0, 0.1) is 11.8 Å². The van der Waals surface area contributed by atoms with Crippen molar-refractivity contribution in [1.82, 2.24) is 10.2 Å². The van der Waals surface area contributed by atoms with Gasteiger partial charge in [0, 0.05) is 12.6 Å². The van der Waals surface area contributed by atoms with Crippen molar-refractivity contribution in [2.24, 2.45) is 11.8 Å². The zero-order valence-corrected chi connectivity index (χ0v) is 11.8. The number of hydrogen-bond acceptors (Lipinski definition) is 2. The maximum Gasteiger partial charge on any atom is 0.234 e. The minimum atomic E-state index is 0.181. The van der Waals surface area contributed by atoms with Crippen LogP contribution in [0.4, 0.5) is 0 Å². The Morgan fingerprint density at radius 3 is 2.47 bits per heavy atom. The highest BCUT2D eigenvalue weighted by Gasteiger charge is 2.25. The van der Waals surface area contributed by atoms with E-state index in [2.05, 4.69) is 37.9 Å². The predicted molar refractivity (Wildman–Crippen MR) is 71.9 cm³/mol. The second-order valence-corrected chi connectivity index (χ2v) is 5.78. The molecule has 1 saturated carbocycles. The van der Waals surface area contributed by atoms with Gasteiger partial charge in [0.15, 0.2) is 0 Å². The number of rotatable bonds is 8. The molecule has 0 aromatic rings. The molecule has 100 valence electrons. The molecule has 3 heteroatoms. The van der Waals surface area contributed by atoms with E-state index in [0.717, 1.165) is 25.4 Å². The van der Waals surface area contributed by atoms with Crippen LogP contribution < -0.4 is 5.32 Å². The third-order valence-corrected chi connectivity index (χ3v) is 3.51. The third kappa shape index (κ3) is 6.06. The number of nitrogens with one attached hydrogen (secondary N) is 1. The molecule has 0 radical (unpaired) electrons. The summed E-state index contributed by atoms with van der Waals surface area (Å²) >= 11 is 0. The third-order valence-electron chi connectivity index (χ3n) is 3.51. The molecule has 0 heterocycles. The summed E-state index contributed by atoms with van der Waals surface area (Å²) in [6.07, 6.45) is 3.83. The number of amides is 1. The van der Waals surface area contributed by atoms with E-state index < -0.39 is 0 Å². The number of carbonyl (C=O) groups excluding carboxylic acids is 1. The summed E-state index contributed by atoms with van der Waals surface area (Å²) in [5, 5.41) is 3.08. The summed E-state index contributed by atoms with van der Waals surface area (Å²) in [7, 11) is 0. The summed E-state index contributed by atoms with van der Waals surface area (Å²) in [5.41, 5.74) is 0. The van der Waals surface area contributed by atoms with Crippen molar-refractivity contribution in [1.29, 1.82) is 0 Å². The van der Waals surface area contributed by atoms with E-state index in [-0.39, 0.29) is 11.9 Å². The normalized spacial score (nSPS) is 17.5. The number of carbonyl (C=O) groups is 1. The Labute approximate surface area is 106 Å². The molecule has 1 amide bonds. The first-order valence-corrected chi connectivity index (χ1v) is 7.04. The Kier molecular flexibility index (Phi) is 5.96. The van der Waals surface area contributed by atoms with E-state index >= 15 is 0 Å². The second kappa shape index (κ2) is 7.00. The molecular formula is C14H28N2O. The lowest BCUT2D eigenvalue weighted by atomic mass is 10.1. The topological polar surface area (TPSA) is 32.3 Å². The van der Waals surface area contributed by atoms with Crippen molar-refractivity contribution >= 4 is 5.91 Å². The number of nitrogens with zero attached hydrogens (tertiary/aromatic N) is 1. The molecule has 0 spiro atoms. The SMILES string of the molecule is CCCN(CC(=O)NC(C)C(C)C)CC1CC1. The van der Waals surface area contributed by atoms with Gasteiger partial charge in [-0.2, -0.15) is 0 Å². The van der Waals surface area contributed by atoms with Crippen molar-refractivity contribution in [2.45, 2.75) is 53.0 Å². The Balaban J connectivity index is 2.29. The van der Waals surface area contributed by atoms with Gasteiger partial charge in [-0.05, 0) is 44.6 Å². The fourth-order valence-electron chi connectivity index (χ4n) is 1.89. The van der Waals surface area contributed by atoms with Gasteiger partial charge in [0.2, 0.25) is 5.91 Å². The van der Waals surface area contributed by atoms with Gasteiger partial charge < -0.3 is 5.32 Å².